The van der Waals surface area contributed by atoms with Gasteiger partial charge in [-0.3, -0.25) is 9.59 Å². The molecule has 6 heteroatoms. The van der Waals surface area contributed by atoms with Crippen molar-refractivity contribution in [3.63, 3.8) is 0 Å². The Labute approximate surface area is 289 Å². The van der Waals surface area contributed by atoms with Gasteiger partial charge in [-0.2, -0.15) is 0 Å². The summed E-state index contributed by atoms with van der Waals surface area (Å²) in [5.41, 5.74) is 0. The molecule has 0 aromatic heterocycles. The van der Waals surface area contributed by atoms with Crippen LogP contribution in [0.15, 0.2) is 48.6 Å². The van der Waals surface area contributed by atoms with Crippen molar-refractivity contribution in [1.82, 2.24) is 0 Å². The maximum Gasteiger partial charge on any atom is 0.305 e. The van der Waals surface area contributed by atoms with E-state index >= 15 is 0 Å². The highest BCUT2D eigenvalue weighted by atomic mass is 16.6. The van der Waals surface area contributed by atoms with Gasteiger partial charge in [0.2, 0.25) is 0 Å². The van der Waals surface area contributed by atoms with E-state index in [0.29, 0.717) is 19.3 Å². The molecule has 6 nitrogen and oxygen atoms in total. The van der Waals surface area contributed by atoms with Crippen LogP contribution < -0.4 is 0 Å². The lowest BCUT2D eigenvalue weighted by molar-refractivity contribution is -0.152. The van der Waals surface area contributed by atoms with E-state index in [-0.39, 0.29) is 31.6 Å². The topological polar surface area (TPSA) is 93.1 Å². The Bertz CT molecular complexity index is 815. The summed E-state index contributed by atoms with van der Waals surface area (Å²) >= 11 is 0. The Morgan fingerprint density at radius 1 is 0.532 bits per heavy atom. The fourth-order valence-electron chi connectivity index (χ4n) is 5.16. The molecule has 272 valence electrons. The van der Waals surface area contributed by atoms with Gasteiger partial charge in [0, 0.05) is 12.8 Å². The first-order chi connectivity index (χ1) is 23.0. The molecule has 0 aromatic carbocycles. The van der Waals surface area contributed by atoms with E-state index in [4.69, 9.17) is 9.47 Å². The molecule has 0 amide bonds. The first kappa shape index (κ1) is 44.8. The lowest BCUT2D eigenvalue weighted by atomic mass is 10.0. The summed E-state index contributed by atoms with van der Waals surface area (Å²) in [5.74, 6) is -0.667. The van der Waals surface area contributed by atoms with Crippen LogP contribution in [-0.2, 0) is 19.1 Å². The zero-order valence-corrected chi connectivity index (χ0v) is 30.4. The van der Waals surface area contributed by atoms with Crippen LogP contribution in [0.1, 0.15) is 174 Å². The van der Waals surface area contributed by atoms with Crippen molar-refractivity contribution < 1.29 is 29.3 Å². The Morgan fingerprint density at radius 3 is 1.57 bits per heavy atom. The summed E-state index contributed by atoms with van der Waals surface area (Å²) in [6.07, 6.45) is 41.9. The molecule has 0 spiro atoms. The van der Waals surface area contributed by atoms with Gasteiger partial charge in [-0.1, -0.05) is 165 Å². The fourth-order valence-corrected chi connectivity index (χ4v) is 5.16. The Kier molecular flexibility index (Phi) is 35.0. The molecule has 0 aliphatic rings. The van der Waals surface area contributed by atoms with Crippen LogP contribution in [0.2, 0.25) is 0 Å². The molecule has 0 heterocycles. The second kappa shape index (κ2) is 36.7. The minimum absolute atomic E-state index is 0.148. The number of hydrogen-bond acceptors (Lipinski definition) is 6. The van der Waals surface area contributed by atoms with E-state index in [1.54, 1.807) is 0 Å². The summed E-state index contributed by atoms with van der Waals surface area (Å²) in [7, 11) is 0. The molecule has 0 bridgehead atoms. The van der Waals surface area contributed by atoms with E-state index in [2.05, 4.69) is 19.9 Å². The summed E-state index contributed by atoms with van der Waals surface area (Å²) < 4.78 is 10.3. The van der Waals surface area contributed by atoms with Crippen LogP contribution in [0, 0.1) is 0 Å². The molecule has 0 fully saturated rings. The average Bonchev–Trinajstić information content (AvgIpc) is 3.06. The van der Waals surface area contributed by atoms with Crippen LogP contribution in [0.4, 0.5) is 0 Å². The molecule has 47 heavy (non-hydrogen) atoms. The SMILES string of the molecule is CCCCC/C=C\C=C/[C@@H](O)C/C=C\C/C=C/CCCC(=O)OC[C@H](O)COC(=O)CCCCCCCCCCCCCCCCC. The molecule has 0 aliphatic heterocycles. The van der Waals surface area contributed by atoms with Gasteiger partial charge in [-0.05, 0) is 44.9 Å². The van der Waals surface area contributed by atoms with Gasteiger partial charge in [0.25, 0.3) is 0 Å². The zero-order valence-electron chi connectivity index (χ0n) is 30.4. The van der Waals surface area contributed by atoms with Crippen molar-refractivity contribution in [1.29, 1.82) is 0 Å². The number of carbonyl (C=O) groups is 2. The minimum Gasteiger partial charge on any atom is -0.463 e. The third-order valence-corrected chi connectivity index (χ3v) is 8.15. The first-order valence-electron chi connectivity index (χ1n) is 19.3. The van der Waals surface area contributed by atoms with Gasteiger partial charge in [0.1, 0.15) is 19.3 Å². The van der Waals surface area contributed by atoms with E-state index in [1.165, 1.54) is 96.3 Å². The largest absolute Gasteiger partial charge is 0.463 e. The Hall–Kier alpha value is -2.18. The average molecular weight is 661 g/mol. The van der Waals surface area contributed by atoms with Gasteiger partial charge in [-0.15, -0.1) is 0 Å². The van der Waals surface area contributed by atoms with Crippen molar-refractivity contribution in [2.75, 3.05) is 13.2 Å². The number of rotatable bonds is 34. The number of allylic oxidation sites excluding steroid dienone is 6. The monoisotopic (exact) mass is 661 g/mol. The van der Waals surface area contributed by atoms with Crippen LogP contribution in [0.3, 0.4) is 0 Å². The number of aliphatic hydroxyl groups excluding tert-OH is 2. The molecular formula is C41H72O6. The zero-order chi connectivity index (χ0) is 34.5. The van der Waals surface area contributed by atoms with Crippen LogP contribution in [0.5, 0.6) is 0 Å². The highest BCUT2D eigenvalue weighted by molar-refractivity contribution is 5.69. The highest BCUT2D eigenvalue weighted by Gasteiger charge is 2.12. The summed E-state index contributed by atoms with van der Waals surface area (Å²) in [5, 5.41) is 20.0. The minimum atomic E-state index is -1.00. The predicted octanol–water partition coefficient (Wildman–Crippen LogP) is 10.8. The molecule has 0 saturated heterocycles. The maximum atomic E-state index is 12.0. The normalized spacial score (nSPS) is 13.4. The summed E-state index contributed by atoms with van der Waals surface area (Å²) in [6, 6.07) is 0. The standard InChI is InChI=1S/C41H72O6/c1-3-5-7-9-11-12-13-14-15-16-17-18-22-26-30-34-40(44)46-36-39(43)37-47-41(45)35-31-27-23-19-21-25-29-33-38(42)32-28-24-20-10-8-6-4-2/h19-20,23-25,28-29,32,38-39,42-43H,3-18,21-22,26-27,30-31,33-37H2,1-2H3/b23-19+,24-20-,29-25-,32-28-/t38-,39-/m1/s1. The van der Waals surface area contributed by atoms with Crippen LogP contribution >= 0.6 is 0 Å². The smallest absolute Gasteiger partial charge is 0.305 e. The van der Waals surface area contributed by atoms with Gasteiger partial charge >= 0.3 is 11.9 Å². The number of esters is 2. The fraction of sp³-hybridized carbons (Fsp3) is 0.756. The lowest BCUT2D eigenvalue weighted by Crippen LogP contribution is -2.25. The van der Waals surface area contributed by atoms with Gasteiger partial charge in [0.15, 0.2) is 0 Å². The van der Waals surface area contributed by atoms with E-state index < -0.39 is 12.2 Å². The number of ether oxygens (including phenoxy) is 2. The highest BCUT2D eigenvalue weighted by Crippen LogP contribution is 2.14. The molecule has 0 radical (unpaired) electrons. The number of hydrogen-bond donors (Lipinski definition) is 2. The van der Waals surface area contributed by atoms with Crippen molar-refractivity contribution >= 4 is 11.9 Å². The van der Waals surface area contributed by atoms with Gasteiger partial charge in [0.05, 0.1) is 6.10 Å². The molecule has 2 N–H and O–H groups in total. The third kappa shape index (κ3) is 36.5. The molecule has 0 unspecified atom stereocenters. The number of unbranched alkanes of at least 4 members (excludes halogenated alkanes) is 18. The van der Waals surface area contributed by atoms with E-state index in [1.807, 2.05) is 42.5 Å². The maximum absolute atomic E-state index is 12.0. The molecule has 0 rings (SSSR count). The third-order valence-electron chi connectivity index (χ3n) is 8.15. The molecular weight excluding hydrogens is 588 g/mol. The number of carbonyl (C=O) groups excluding carboxylic acids is 2. The first-order valence-corrected chi connectivity index (χ1v) is 19.3. The number of aliphatic hydroxyl groups is 2. The predicted molar refractivity (Wildman–Crippen MR) is 197 cm³/mol. The van der Waals surface area contributed by atoms with Crippen molar-refractivity contribution in [3.8, 4) is 0 Å². The van der Waals surface area contributed by atoms with Gasteiger partial charge in [-0.25, -0.2) is 0 Å². The van der Waals surface area contributed by atoms with E-state index in [9.17, 15) is 19.8 Å². The summed E-state index contributed by atoms with van der Waals surface area (Å²) in [4.78, 5) is 23.9. The van der Waals surface area contributed by atoms with Crippen molar-refractivity contribution in [3.05, 3.63) is 48.6 Å². The Morgan fingerprint density at radius 2 is 1.00 bits per heavy atom. The van der Waals surface area contributed by atoms with Crippen molar-refractivity contribution in [2.45, 2.75) is 187 Å². The van der Waals surface area contributed by atoms with Gasteiger partial charge < -0.3 is 19.7 Å². The molecule has 0 aliphatic carbocycles. The Balaban J connectivity index is 3.59. The van der Waals surface area contributed by atoms with Crippen LogP contribution in [0.25, 0.3) is 0 Å². The van der Waals surface area contributed by atoms with Crippen molar-refractivity contribution in [2.24, 2.45) is 0 Å². The molecule has 0 saturated carbocycles. The summed E-state index contributed by atoms with van der Waals surface area (Å²) in [6.45, 7) is 4.15. The molecule has 0 aromatic rings. The van der Waals surface area contributed by atoms with E-state index in [0.717, 1.165) is 38.5 Å². The van der Waals surface area contributed by atoms with Crippen LogP contribution in [-0.4, -0.2) is 47.6 Å². The quantitative estimate of drug-likeness (QED) is 0.0309. The second-order valence-electron chi connectivity index (χ2n) is 12.9. The lowest BCUT2D eigenvalue weighted by Gasteiger charge is -2.12. The second-order valence-corrected chi connectivity index (χ2v) is 12.9. The molecule has 2 atom stereocenters.